The highest BCUT2D eigenvalue weighted by molar-refractivity contribution is 7.91. The Bertz CT molecular complexity index is 4080. The van der Waals surface area contributed by atoms with E-state index in [1.165, 1.54) is 10.5 Å². The van der Waals surface area contributed by atoms with Crippen LogP contribution in [0.3, 0.4) is 0 Å². The maximum Gasteiger partial charge on any atom is 0.240 e. The third kappa shape index (κ3) is 30.4. The van der Waals surface area contributed by atoms with Crippen LogP contribution >= 0.6 is 58.0 Å². The summed E-state index contributed by atoms with van der Waals surface area (Å²) < 4.78 is 136. The molecule has 9 rings (SSSR count). The number of nitrogens with zero attached hydrogens (tertiary/aromatic N) is 4. The van der Waals surface area contributed by atoms with Gasteiger partial charge in [-0.15, -0.1) is 0 Å². The SMILES string of the molecule is Cc1cc(Cl)cc2c1CN(C)CC2c1cccc(S(=O)(=O)NCCOCCOCCOCCNC(=O)CN(CC(=O)CCCOCCOCCOCCCS(=O)(=O)c2cccc(C3CN(C)Cc4c(Cl)cc(Cl)cc43)c2)CC(=O)NCCOCCOCCOCCNS(=O)(=O)c2cccc(C3CN(C)Cc4c(Cl)cc(Cl)cc43)c2)c1. The summed E-state index contributed by atoms with van der Waals surface area (Å²) in [5, 5.41) is 8.42. The largest absolute Gasteiger partial charge is 0.379 e. The fourth-order valence-electron chi connectivity index (χ4n) is 14.0. The number of likely N-dealkylation sites (N-methyl/N-ethyl adjacent to an activating group) is 3. The Kier molecular flexibility index (Phi) is 38.7. The Hall–Kier alpha value is -5.37. The molecule has 0 bridgehead atoms. The molecule has 0 saturated carbocycles. The fourth-order valence-corrected chi connectivity index (χ4v) is 18.9. The summed E-state index contributed by atoms with van der Waals surface area (Å²) in [6.45, 7) is 9.87. The molecular formula is C81H107Cl5N8O18S3. The zero-order valence-corrected chi connectivity index (χ0v) is 71.9. The van der Waals surface area contributed by atoms with Crippen LogP contribution in [0.2, 0.25) is 25.1 Å². The summed E-state index contributed by atoms with van der Waals surface area (Å²) in [6, 6.07) is 32.1. The van der Waals surface area contributed by atoms with E-state index in [0.29, 0.717) is 64.1 Å². The number of rotatable bonds is 52. The van der Waals surface area contributed by atoms with Gasteiger partial charge in [-0.1, -0.05) is 94.4 Å². The lowest BCUT2D eigenvalue weighted by Gasteiger charge is -2.34. The van der Waals surface area contributed by atoms with E-state index >= 15 is 0 Å². The average Bonchev–Trinajstić information content (AvgIpc) is 0.782. The topological polar surface area (TPSA) is 298 Å². The molecule has 0 aromatic heterocycles. The predicted octanol–water partition coefficient (Wildman–Crippen LogP) is 9.15. The van der Waals surface area contributed by atoms with Crippen molar-refractivity contribution in [3.63, 3.8) is 0 Å². The third-order valence-electron chi connectivity index (χ3n) is 19.5. The molecule has 0 spiro atoms. The highest BCUT2D eigenvalue weighted by Gasteiger charge is 2.32. The van der Waals surface area contributed by atoms with Gasteiger partial charge in [-0.2, -0.15) is 0 Å². The van der Waals surface area contributed by atoms with Crippen LogP contribution in [0.5, 0.6) is 0 Å². The van der Waals surface area contributed by atoms with Gasteiger partial charge in [-0.3, -0.25) is 19.3 Å². The molecule has 3 aliphatic rings. The van der Waals surface area contributed by atoms with E-state index in [1.807, 2.05) is 70.5 Å². The number of sulfonamides is 2. The molecule has 0 saturated heterocycles. The maximum absolute atomic E-state index is 13.4. The normalized spacial score (nSPS) is 16.2. The molecule has 26 nitrogen and oxygen atoms in total. The molecule has 4 N–H and O–H groups in total. The van der Waals surface area contributed by atoms with Crippen molar-refractivity contribution in [3.05, 3.63) is 190 Å². The summed E-state index contributed by atoms with van der Waals surface area (Å²) in [6.07, 6.45) is 0.808. The first-order chi connectivity index (χ1) is 55.2. The Morgan fingerprint density at radius 2 is 0.748 bits per heavy atom. The Balaban J connectivity index is 0.616. The molecule has 0 radical (unpaired) electrons. The lowest BCUT2D eigenvalue weighted by Crippen LogP contribution is -2.45. The Labute approximate surface area is 702 Å². The number of amides is 2. The number of carbonyl (C=O) groups excluding carboxylic acids is 3. The minimum absolute atomic E-state index is 0.0426. The van der Waals surface area contributed by atoms with Gasteiger partial charge in [0.05, 0.1) is 146 Å². The van der Waals surface area contributed by atoms with Crippen LogP contribution in [0.1, 0.15) is 92.7 Å². The first kappa shape index (κ1) is 93.5. The molecule has 2 amide bonds. The fraction of sp³-hybridized carbons (Fsp3) is 0.519. The minimum Gasteiger partial charge on any atom is -0.379 e. The number of nitrogens with one attached hydrogen (secondary N) is 4. The van der Waals surface area contributed by atoms with Gasteiger partial charge in [0.1, 0.15) is 5.78 Å². The number of ether oxygens (including phenoxy) is 9. The van der Waals surface area contributed by atoms with Crippen LogP contribution < -0.4 is 20.1 Å². The zero-order chi connectivity index (χ0) is 82.3. The van der Waals surface area contributed by atoms with Crippen molar-refractivity contribution in [1.29, 1.82) is 0 Å². The molecule has 3 unspecified atom stereocenters. The van der Waals surface area contributed by atoms with Gasteiger partial charge in [0.2, 0.25) is 31.9 Å². The first-order valence-electron chi connectivity index (χ1n) is 38.5. The second-order valence-electron chi connectivity index (χ2n) is 28.6. The van der Waals surface area contributed by atoms with Crippen LogP contribution in [-0.2, 0) is 107 Å². The number of carbonyl (C=O) groups is 3. The van der Waals surface area contributed by atoms with Crippen molar-refractivity contribution in [2.75, 3.05) is 211 Å². The van der Waals surface area contributed by atoms with Crippen molar-refractivity contribution in [2.45, 2.75) is 78.3 Å². The third-order valence-corrected chi connectivity index (χ3v) is 25.6. The van der Waals surface area contributed by atoms with Gasteiger partial charge in [0.25, 0.3) is 0 Å². The van der Waals surface area contributed by atoms with E-state index in [4.69, 9.17) is 101 Å². The zero-order valence-electron chi connectivity index (χ0n) is 65.6. The number of aryl methyl sites for hydroxylation is 1. The number of Topliss-reactive ketones (excluding diaryl/α,β-unsaturated/α-hetero) is 1. The molecule has 3 heterocycles. The van der Waals surface area contributed by atoms with Gasteiger partial charge in [0, 0.05) is 128 Å². The quantitative estimate of drug-likeness (QED) is 0.0259. The van der Waals surface area contributed by atoms with Crippen molar-refractivity contribution < 1.29 is 82.3 Å². The summed E-state index contributed by atoms with van der Waals surface area (Å²) in [5.74, 6) is -1.41. The second-order valence-corrected chi connectivity index (χ2v) is 36.4. The molecule has 632 valence electrons. The molecular weight excluding hydrogens is 1650 g/mol. The Morgan fingerprint density at radius 3 is 1.17 bits per heavy atom. The number of ketones is 1. The molecule has 6 aromatic carbocycles. The van der Waals surface area contributed by atoms with E-state index in [9.17, 15) is 39.6 Å². The van der Waals surface area contributed by atoms with Crippen LogP contribution in [0, 0.1) is 6.92 Å². The minimum atomic E-state index is -3.85. The van der Waals surface area contributed by atoms with Crippen molar-refractivity contribution in [1.82, 2.24) is 39.7 Å². The molecule has 3 aliphatic heterocycles. The van der Waals surface area contributed by atoms with E-state index in [-0.39, 0.29) is 215 Å². The van der Waals surface area contributed by atoms with Gasteiger partial charge < -0.3 is 68.0 Å². The summed E-state index contributed by atoms with van der Waals surface area (Å²) in [5.41, 5.74) is 9.93. The first-order valence-corrected chi connectivity index (χ1v) is 45.0. The van der Waals surface area contributed by atoms with Crippen molar-refractivity contribution in [2.24, 2.45) is 0 Å². The van der Waals surface area contributed by atoms with Gasteiger partial charge in [0.15, 0.2) is 9.84 Å². The van der Waals surface area contributed by atoms with E-state index in [1.54, 1.807) is 66.7 Å². The number of fused-ring (bicyclic) bond motifs is 3. The Morgan fingerprint density at radius 1 is 0.409 bits per heavy atom. The van der Waals surface area contributed by atoms with Crippen LogP contribution in [0.25, 0.3) is 0 Å². The smallest absolute Gasteiger partial charge is 0.240 e. The highest BCUT2D eigenvalue weighted by atomic mass is 35.5. The number of sulfone groups is 1. The molecule has 115 heavy (non-hydrogen) atoms. The number of hydrogen-bond donors (Lipinski definition) is 4. The van der Waals surface area contributed by atoms with Crippen LogP contribution in [-0.4, -0.2) is 274 Å². The van der Waals surface area contributed by atoms with E-state index in [2.05, 4.69) is 34.8 Å². The van der Waals surface area contributed by atoms with E-state index < -0.39 is 41.7 Å². The number of halogens is 5. The van der Waals surface area contributed by atoms with Crippen LogP contribution in [0.15, 0.2) is 124 Å². The molecule has 0 fully saturated rings. The highest BCUT2D eigenvalue weighted by Crippen LogP contribution is 2.42. The summed E-state index contributed by atoms with van der Waals surface area (Å²) in [7, 11) is -5.23. The second kappa shape index (κ2) is 47.6. The molecule has 3 atom stereocenters. The molecule has 34 heteroatoms. The predicted molar refractivity (Wildman–Crippen MR) is 444 cm³/mol. The lowest BCUT2D eigenvalue weighted by molar-refractivity contribution is -0.127. The lowest BCUT2D eigenvalue weighted by atomic mass is 9.83. The maximum atomic E-state index is 13.4. The van der Waals surface area contributed by atoms with Gasteiger partial charge >= 0.3 is 0 Å². The van der Waals surface area contributed by atoms with Gasteiger partial charge in [-0.05, 0) is 169 Å². The van der Waals surface area contributed by atoms with Crippen LogP contribution in [0.4, 0.5) is 0 Å². The summed E-state index contributed by atoms with van der Waals surface area (Å²) in [4.78, 5) is 48.2. The van der Waals surface area contributed by atoms with E-state index in [0.717, 1.165) is 63.2 Å². The monoisotopic (exact) mass is 1750 g/mol. The standard InChI is InChI=1S/C81H107Cl5N8O18S3/c1-58-40-62(82)44-69-72(58)50-91(2)51-73(69)60-11-6-15-67(42-60)114(100,101)89-19-25-108-31-37-111-35-29-106-23-17-87-80(96)56-94(49-65(95)13-8-21-104-27-33-110-34-28-105-22-9-39-113(98,99)66-14-5-10-59(41-66)74-52-92(3)54-76-70(74)45-63(83)47-78(76)85)57-81(97)88-18-24-107-30-36-112-38-32-109-26-20-90-115(102,103)68-16-7-12-61(43-68)75-53-93(4)55-77-71(75)46-64(84)48-79(77)86/h5-7,10-12,14-16,40-48,73-75,89-90H,8-9,13,17-39,49-57H2,1-4H3,(H,87,96)(H,88,97). The average molecular weight is 1750 g/mol. The van der Waals surface area contributed by atoms with Crippen molar-refractivity contribution >= 4 is 105 Å². The van der Waals surface area contributed by atoms with Gasteiger partial charge in [-0.25, -0.2) is 34.7 Å². The summed E-state index contributed by atoms with van der Waals surface area (Å²) >= 11 is 32.4. The molecule has 6 aromatic rings. The number of benzene rings is 6. The number of hydrogen-bond acceptors (Lipinski definition) is 22. The van der Waals surface area contributed by atoms with Crippen molar-refractivity contribution in [3.8, 4) is 0 Å². The molecule has 0 aliphatic carbocycles.